The van der Waals surface area contributed by atoms with Crippen molar-refractivity contribution in [3.05, 3.63) is 0 Å². The molecule has 0 aromatic heterocycles. The average molecular weight is 704 g/mol. The second-order valence-electron chi connectivity index (χ2n) is 9.08. The summed E-state index contributed by atoms with van der Waals surface area (Å²) in [5, 5.41) is 62.6. The fraction of sp³-hybridized carbons (Fsp3) is 0.359. The molecule has 1 fully saturated rings. The highest BCUT2D eigenvalue weighted by Crippen LogP contribution is 2.22. The summed E-state index contributed by atoms with van der Waals surface area (Å²) >= 11 is 0. The number of rotatable bonds is 9. The van der Waals surface area contributed by atoms with Gasteiger partial charge >= 0.3 is 0 Å². The van der Waals surface area contributed by atoms with E-state index in [0.29, 0.717) is 6.42 Å². The molecule has 0 spiro atoms. The molecule has 0 radical (unpaired) electrons. The molecule has 10 heteroatoms. The van der Waals surface area contributed by atoms with Gasteiger partial charge < -0.3 is 45.4 Å². The van der Waals surface area contributed by atoms with Gasteiger partial charge in [-0.15, -0.1) is 0 Å². The lowest BCUT2D eigenvalue weighted by Crippen LogP contribution is -2.60. The maximum absolute atomic E-state index is 12.4. The number of ether oxygens (including phenoxy) is 2. The van der Waals surface area contributed by atoms with Gasteiger partial charge in [0.25, 0.3) is 5.91 Å². The normalized spacial score (nSPS) is 19.1. The van der Waals surface area contributed by atoms with Crippen LogP contribution in [0.1, 0.15) is 60.9 Å². The van der Waals surface area contributed by atoms with E-state index in [4.69, 9.17) is 9.47 Å². The van der Waals surface area contributed by atoms with E-state index in [2.05, 4.69) is 147 Å². The van der Waals surface area contributed by atoms with Crippen LogP contribution in [0.2, 0.25) is 0 Å². The van der Waals surface area contributed by atoms with Crippen molar-refractivity contribution in [2.24, 2.45) is 0 Å². The second kappa shape index (κ2) is 26.0. The van der Waals surface area contributed by atoms with E-state index >= 15 is 0 Å². The van der Waals surface area contributed by atoms with Gasteiger partial charge in [0.2, 0.25) is 0 Å². The molecule has 292 valence electrons. The van der Waals surface area contributed by atoms with Crippen LogP contribution in [0.3, 0.4) is 0 Å². The average Bonchev–Trinajstić information content (AvgIpc) is 3.09. The van der Waals surface area contributed by atoms with E-state index in [1.54, 1.807) is 13.8 Å². The fourth-order valence-corrected chi connectivity index (χ4v) is 3.34. The van der Waals surface area contributed by atoms with Crippen molar-refractivity contribution in [2.45, 2.75) is 75.6 Å². The maximum Gasteiger partial charge on any atom is 0.297 e. The zero-order valence-corrected chi connectivity index (χ0v) is 26.4. The Morgan fingerprint density at radius 2 is 1.14 bits per heavy atom. The summed E-state index contributed by atoms with van der Waals surface area (Å²) in [6, 6.07) is -1.23. The summed E-state index contributed by atoms with van der Waals surface area (Å²) in [6.07, 6.45) is -9.72. The minimum atomic E-state index is -1.70. The van der Waals surface area contributed by atoms with Gasteiger partial charge in [0.05, 0.1) is 25.4 Å². The molecular weight excluding hydrogens is 626 g/mol. The molecular formula is C39H77NO9. The Kier molecular flexibility index (Phi) is 21.7. The van der Waals surface area contributed by atoms with Crippen LogP contribution in [-0.2, 0) is 14.3 Å². The van der Waals surface area contributed by atoms with Crippen LogP contribution < -0.4 is 5.32 Å². The zero-order valence-electron chi connectivity index (χ0n) is 26.4. The third-order valence-electron chi connectivity index (χ3n) is 5.61. The van der Waals surface area contributed by atoms with Gasteiger partial charge in [-0.3, -0.25) is 4.79 Å². The van der Waals surface area contributed by atoms with Gasteiger partial charge in [-0.2, -0.15) is 0 Å². The Morgan fingerprint density at radius 1 is 0.714 bits per heavy atom. The Morgan fingerprint density at radius 3 is 1.55 bits per heavy atom. The highest BCUT2D eigenvalue weighted by molar-refractivity contribution is 5.94. The number of hydrogen-bond acceptors (Lipinski definition) is 9. The van der Waals surface area contributed by atoms with Crippen LogP contribution in [-0.4, -0.2) is 98.7 Å². The van der Waals surface area contributed by atoms with Crippen molar-refractivity contribution in [3.63, 3.8) is 0 Å². The molecule has 0 aliphatic carbocycles. The van der Waals surface area contributed by atoms with E-state index < -0.39 is 68.1 Å². The topological polar surface area (TPSA) is 169 Å². The van der Waals surface area contributed by atoms with Crippen LogP contribution in [0.15, 0.2) is 0 Å². The summed E-state index contributed by atoms with van der Waals surface area (Å²) in [6.45, 7) is 2.29. The predicted molar refractivity (Wildman–Crippen MR) is 228 cm³/mol. The van der Waals surface area contributed by atoms with Gasteiger partial charge in [-0.05, 0) is 108 Å². The molecule has 0 aromatic carbocycles. The monoisotopic (exact) mass is 704 g/mol. The van der Waals surface area contributed by atoms with Crippen LogP contribution in [0.25, 0.3) is 0 Å². The lowest BCUT2D eigenvalue weighted by atomic mass is 9.99. The molecule has 1 rings (SSSR count). The smallest absolute Gasteiger partial charge is 0.297 e. The van der Waals surface area contributed by atoms with Crippen molar-refractivity contribution in [2.75, 3.05) is 13.2 Å². The summed E-state index contributed by atoms with van der Waals surface area (Å²) in [4.78, 5) is 12.4. The second-order valence-corrected chi connectivity index (χ2v) is 9.08. The quantitative estimate of drug-likeness (QED) is 0.179. The summed E-state index contributed by atoms with van der Waals surface area (Å²) in [7, 11) is 0. The molecule has 0 saturated carbocycles. The highest BCUT2D eigenvalue weighted by atomic mass is 16.7. The van der Waals surface area contributed by atoms with E-state index in [1.807, 2.05) is 0 Å². The van der Waals surface area contributed by atoms with Crippen LogP contribution in [0.5, 0.6) is 0 Å². The molecule has 1 heterocycles. The fourth-order valence-electron chi connectivity index (χ4n) is 3.34. The van der Waals surface area contributed by atoms with E-state index in [9.17, 15) is 35.4 Å². The number of carbonyl (C=O) groups is 1. The van der Waals surface area contributed by atoms with Gasteiger partial charge in [-0.1, -0.05) is 19.3 Å². The highest BCUT2D eigenvalue weighted by Gasteiger charge is 2.44. The molecule has 1 aliphatic rings. The van der Waals surface area contributed by atoms with Crippen LogP contribution in [0.4, 0.5) is 0 Å². The number of amides is 1. The third kappa shape index (κ3) is 18.0. The Balaban J connectivity index is -0.0000000455. The van der Waals surface area contributed by atoms with Gasteiger partial charge in [0, 0.05) is 75.7 Å². The summed E-state index contributed by atoms with van der Waals surface area (Å²) < 4.78 is 10.7. The van der Waals surface area contributed by atoms with Gasteiger partial charge in [0.1, 0.15) is 30.5 Å². The zero-order chi connectivity index (χ0) is 36.1. The summed E-state index contributed by atoms with van der Waals surface area (Å²) in [5.41, 5.74) is 0. The minimum Gasteiger partial charge on any atom is -0.394 e. The van der Waals surface area contributed by atoms with Crippen molar-refractivity contribution in [3.8, 4) is 142 Å². The number of aliphatic hydroxyl groups is 6. The van der Waals surface area contributed by atoms with Crippen molar-refractivity contribution in [1.82, 2.24) is 5.32 Å². The van der Waals surface area contributed by atoms with Gasteiger partial charge in [0.15, 0.2) is 6.29 Å². The standard InChI is InChI=1S/C39H29NO9.24H2/c1-3-5-6-7-8-9-10-11-12-13-14-15-16-17-18-19-20-21-22-23-24-25-26-28-34(43)40-31(35(44)32(42)27-4-2)30-48-39-38(47)37(46)36(45)33(29-41)49-39;;;;;;;;;;;;;;;;;;;;;;;;/h31-33,35-39,41-42,44-47H,4,27,29-30H2,1-2H3,(H,40,43);24*1H/t31-,32+,33?,35-,36?,37?,38?,39?;;;;;;;;;;;;;;;;;;;;;;;;/m0......................../s1. The first-order valence-corrected chi connectivity index (χ1v) is 14.3. The maximum atomic E-state index is 12.4. The molecule has 0 bridgehead atoms. The largest absolute Gasteiger partial charge is 0.394 e. The van der Waals surface area contributed by atoms with Gasteiger partial charge in [-0.25, -0.2) is 0 Å². The minimum absolute atomic E-state index is 0. The molecule has 8 atom stereocenters. The number of carbonyl (C=O) groups excluding carboxylic acids is 1. The Labute approximate surface area is 322 Å². The molecule has 0 aromatic rings. The molecule has 1 aliphatic heterocycles. The van der Waals surface area contributed by atoms with Crippen LogP contribution >= 0.6 is 0 Å². The molecule has 10 nitrogen and oxygen atoms in total. The van der Waals surface area contributed by atoms with Crippen LogP contribution in [0, 0.1) is 142 Å². The first kappa shape index (κ1) is 40.9. The third-order valence-corrected chi connectivity index (χ3v) is 5.61. The predicted octanol–water partition coefficient (Wildman–Crippen LogP) is 2.77. The van der Waals surface area contributed by atoms with E-state index in [0.717, 1.165) is 0 Å². The first-order valence-electron chi connectivity index (χ1n) is 14.3. The van der Waals surface area contributed by atoms with Crippen molar-refractivity contribution in [1.29, 1.82) is 0 Å². The number of hydrogen-bond donors (Lipinski definition) is 7. The lowest BCUT2D eigenvalue weighted by Gasteiger charge is -2.40. The molecule has 1 saturated heterocycles. The molecule has 7 N–H and O–H groups in total. The first-order chi connectivity index (χ1) is 23.8. The Hall–Kier alpha value is -6.13. The molecule has 5 unspecified atom stereocenters. The number of aliphatic hydroxyl groups excluding tert-OH is 6. The van der Waals surface area contributed by atoms with Crippen molar-refractivity contribution >= 4 is 5.91 Å². The molecule has 49 heavy (non-hydrogen) atoms. The molecule has 1 amide bonds. The number of nitrogens with one attached hydrogen (secondary N) is 1. The van der Waals surface area contributed by atoms with E-state index in [-0.39, 0.29) is 40.7 Å². The van der Waals surface area contributed by atoms with E-state index in [1.165, 1.54) is 0 Å². The summed E-state index contributed by atoms with van der Waals surface area (Å²) in [5.74, 6) is 57.9. The SMILES string of the molecule is CC#CC#CC#CC#CC#CC#CC#CC#CC#CC#CC#CC#CC(=O)N[C@@H](COC1OC(CO)C(O)C(O)C1O)[C@H](O)[C@H](O)CCC.[HH].[HH].[HH].[HH].[HH].[HH].[HH].[HH].[HH].[HH].[HH].[HH].[HH].[HH].[HH].[HH].[HH].[HH].[HH].[HH].[HH].[HH].[HH].[HH]. The lowest BCUT2D eigenvalue weighted by molar-refractivity contribution is -0.303. The van der Waals surface area contributed by atoms with Crippen molar-refractivity contribution < 1.29 is 79.1 Å². The Bertz CT molecular complexity index is 2010.